The molecule has 0 spiro atoms. The molecule has 0 radical (unpaired) electrons. The highest BCUT2D eigenvalue weighted by molar-refractivity contribution is 5.61. The molecule has 0 aliphatic carbocycles. The van der Waals surface area contributed by atoms with Gasteiger partial charge in [-0.15, -0.1) is 0 Å². The van der Waals surface area contributed by atoms with Gasteiger partial charge in [-0.3, -0.25) is 0 Å². The van der Waals surface area contributed by atoms with Crippen molar-refractivity contribution in [2.75, 3.05) is 0 Å². The van der Waals surface area contributed by atoms with Gasteiger partial charge in [0.15, 0.2) is 0 Å². The highest BCUT2D eigenvalue weighted by Gasteiger charge is 1.89. The minimum atomic E-state index is 1.24. The van der Waals surface area contributed by atoms with E-state index in [9.17, 15) is 0 Å². The lowest BCUT2D eigenvalue weighted by Gasteiger charge is -1.97. The standard InChI is InChI=1S/C18H18/c1-15-7-6-10-18(13-15)12-11-16(2)14-17-8-4-3-5-9-17/h3-14H,1-2H3/b12-11+,16-14+. The second kappa shape index (κ2) is 6.02. The van der Waals surface area contributed by atoms with Crippen molar-refractivity contribution in [3.8, 4) is 0 Å². The fourth-order valence-corrected chi connectivity index (χ4v) is 1.86. The third-order valence-corrected chi connectivity index (χ3v) is 2.77. The Labute approximate surface area is 109 Å². The van der Waals surface area contributed by atoms with Crippen LogP contribution in [0.5, 0.6) is 0 Å². The Balaban J connectivity index is 2.12. The van der Waals surface area contributed by atoms with Gasteiger partial charge >= 0.3 is 0 Å². The molecule has 0 amide bonds. The lowest BCUT2D eigenvalue weighted by Crippen LogP contribution is -1.76. The van der Waals surface area contributed by atoms with Gasteiger partial charge in [0, 0.05) is 0 Å². The summed E-state index contributed by atoms with van der Waals surface area (Å²) < 4.78 is 0. The van der Waals surface area contributed by atoms with Crippen LogP contribution in [-0.2, 0) is 0 Å². The van der Waals surface area contributed by atoms with Crippen LogP contribution in [0.25, 0.3) is 12.2 Å². The van der Waals surface area contributed by atoms with Crippen LogP contribution in [0.2, 0.25) is 0 Å². The molecule has 0 saturated carbocycles. The molecule has 0 aromatic heterocycles. The molecule has 0 nitrogen and oxygen atoms in total. The topological polar surface area (TPSA) is 0 Å². The number of rotatable bonds is 3. The maximum absolute atomic E-state index is 2.19. The predicted octanol–water partition coefficient (Wildman–Crippen LogP) is 5.11. The molecular weight excluding hydrogens is 216 g/mol. The van der Waals surface area contributed by atoms with E-state index < -0.39 is 0 Å². The Bertz CT molecular complexity index is 560. The molecule has 2 rings (SSSR count). The van der Waals surface area contributed by atoms with Crippen molar-refractivity contribution in [2.24, 2.45) is 0 Å². The molecule has 0 N–H and O–H groups in total. The van der Waals surface area contributed by atoms with Crippen LogP contribution >= 0.6 is 0 Å². The van der Waals surface area contributed by atoms with Gasteiger partial charge in [-0.2, -0.15) is 0 Å². The molecule has 2 aromatic carbocycles. The smallest absolute Gasteiger partial charge is 0.0254 e. The third kappa shape index (κ3) is 3.74. The minimum Gasteiger partial charge on any atom is -0.0622 e. The molecular formula is C18H18. The first-order valence-electron chi connectivity index (χ1n) is 6.22. The summed E-state index contributed by atoms with van der Waals surface area (Å²) in [4.78, 5) is 0. The van der Waals surface area contributed by atoms with Gasteiger partial charge in [-0.05, 0) is 25.0 Å². The monoisotopic (exact) mass is 234 g/mol. The average Bonchev–Trinajstić information content (AvgIpc) is 2.38. The normalized spacial score (nSPS) is 12.0. The molecule has 90 valence electrons. The van der Waals surface area contributed by atoms with E-state index in [1.807, 2.05) is 6.07 Å². The molecule has 0 aliphatic rings. The summed E-state index contributed by atoms with van der Waals surface area (Å²) in [5.74, 6) is 0. The minimum absolute atomic E-state index is 1.24. The van der Waals surface area contributed by atoms with Crippen molar-refractivity contribution >= 4 is 12.2 Å². The summed E-state index contributed by atoms with van der Waals surface area (Å²) in [7, 11) is 0. The van der Waals surface area contributed by atoms with E-state index in [1.54, 1.807) is 0 Å². The fraction of sp³-hybridized carbons (Fsp3) is 0.111. The van der Waals surface area contributed by atoms with E-state index in [2.05, 4.69) is 80.6 Å². The molecule has 0 unspecified atom stereocenters. The third-order valence-electron chi connectivity index (χ3n) is 2.77. The van der Waals surface area contributed by atoms with E-state index >= 15 is 0 Å². The van der Waals surface area contributed by atoms with Crippen LogP contribution in [-0.4, -0.2) is 0 Å². The molecule has 0 atom stereocenters. The zero-order valence-corrected chi connectivity index (χ0v) is 10.9. The zero-order chi connectivity index (χ0) is 12.8. The molecule has 2 aromatic rings. The Morgan fingerprint density at radius 3 is 2.33 bits per heavy atom. The van der Waals surface area contributed by atoms with Crippen molar-refractivity contribution in [2.45, 2.75) is 13.8 Å². The highest BCUT2D eigenvalue weighted by Crippen LogP contribution is 2.10. The fourth-order valence-electron chi connectivity index (χ4n) is 1.86. The lowest BCUT2D eigenvalue weighted by atomic mass is 10.1. The largest absolute Gasteiger partial charge is 0.0622 e. The summed E-state index contributed by atoms with van der Waals surface area (Å²) in [6, 6.07) is 18.9. The summed E-state index contributed by atoms with van der Waals surface area (Å²) in [6.07, 6.45) is 6.50. The van der Waals surface area contributed by atoms with E-state index in [0.29, 0.717) is 0 Å². The van der Waals surface area contributed by atoms with E-state index in [1.165, 1.54) is 22.3 Å². The average molecular weight is 234 g/mol. The van der Waals surface area contributed by atoms with E-state index in [0.717, 1.165) is 0 Å². The van der Waals surface area contributed by atoms with Gasteiger partial charge < -0.3 is 0 Å². The lowest BCUT2D eigenvalue weighted by molar-refractivity contribution is 1.46. The summed E-state index contributed by atoms with van der Waals surface area (Å²) >= 11 is 0. The van der Waals surface area contributed by atoms with Gasteiger partial charge in [0.05, 0.1) is 0 Å². The van der Waals surface area contributed by atoms with Crippen LogP contribution in [0.3, 0.4) is 0 Å². The van der Waals surface area contributed by atoms with E-state index in [4.69, 9.17) is 0 Å². The second-order valence-electron chi connectivity index (χ2n) is 4.55. The predicted molar refractivity (Wildman–Crippen MR) is 80.3 cm³/mol. The molecule has 0 bridgehead atoms. The molecule has 0 heterocycles. The van der Waals surface area contributed by atoms with Crippen molar-refractivity contribution in [3.63, 3.8) is 0 Å². The molecule has 0 saturated heterocycles. The Morgan fingerprint density at radius 1 is 0.889 bits per heavy atom. The van der Waals surface area contributed by atoms with Gasteiger partial charge in [-0.25, -0.2) is 0 Å². The quantitative estimate of drug-likeness (QED) is 0.647. The van der Waals surface area contributed by atoms with Crippen molar-refractivity contribution in [3.05, 3.63) is 82.9 Å². The maximum Gasteiger partial charge on any atom is -0.0254 e. The van der Waals surface area contributed by atoms with Crippen molar-refractivity contribution < 1.29 is 0 Å². The SMILES string of the molecule is CC(/C=C/c1cccc(C)c1)=C\c1ccccc1. The summed E-state index contributed by atoms with van der Waals surface area (Å²) in [5, 5.41) is 0. The van der Waals surface area contributed by atoms with Crippen LogP contribution in [0.4, 0.5) is 0 Å². The first kappa shape index (κ1) is 12.4. The highest BCUT2D eigenvalue weighted by atomic mass is 13.9. The number of hydrogen-bond acceptors (Lipinski definition) is 0. The Kier molecular flexibility index (Phi) is 4.14. The van der Waals surface area contributed by atoms with Gasteiger partial charge in [0.25, 0.3) is 0 Å². The second-order valence-corrected chi connectivity index (χ2v) is 4.55. The van der Waals surface area contributed by atoms with E-state index in [-0.39, 0.29) is 0 Å². The van der Waals surface area contributed by atoms with Gasteiger partial charge in [0.2, 0.25) is 0 Å². The van der Waals surface area contributed by atoms with Crippen LogP contribution < -0.4 is 0 Å². The summed E-state index contributed by atoms with van der Waals surface area (Å²) in [5.41, 5.74) is 5.03. The van der Waals surface area contributed by atoms with Crippen LogP contribution in [0, 0.1) is 6.92 Å². The number of aryl methyl sites for hydroxylation is 1. The molecule has 0 heteroatoms. The first-order chi connectivity index (χ1) is 8.74. The number of allylic oxidation sites excluding steroid dienone is 2. The number of benzene rings is 2. The van der Waals surface area contributed by atoms with Crippen LogP contribution in [0.15, 0.2) is 66.2 Å². The summed E-state index contributed by atoms with van der Waals surface area (Å²) in [6.45, 7) is 4.24. The maximum atomic E-state index is 2.19. The van der Waals surface area contributed by atoms with Gasteiger partial charge in [0.1, 0.15) is 0 Å². The number of hydrogen-bond donors (Lipinski definition) is 0. The van der Waals surface area contributed by atoms with Crippen molar-refractivity contribution in [1.82, 2.24) is 0 Å². The van der Waals surface area contributed by atoms with Gasteiger partial charge in [-0.1, -0.05) is 84.0 Å². The van der Waals surface area contributed by atoms with Crippen molar-refractivity contribution in [1.29, 1.82) is 0 Å². The molecule has 18 heavy (non-hydrogen) atoms. The molecule has 0 aliphatic heterocycles. The van der Waals surface area contributed by atoms with Crippen LogP contribution in [0.1, 0.15) is 23.6 Å². The first-order valence-corrected chi connectivity index (χ1v) is 6.22. The molecule has 0 fully saturated rings. The zero-order valence-electron chi connectivity index (χ0n) is 10.9. The Hall–Kier alpha value is -2.08. The Morgan fingerprint density at radius 2 is 1.61 bits per heavy atom.